The molecule has 0 saturated heterocycles. The van der Waals surface area contributed by atoms with E-state index in [9.17, 15) is 9.90 Å². The lowest BCUT2D eigenvalue weighted by Crippen LogP contribution is -2.35. The van der Waals surface area contributed by atoms with Gasteiger partial charge in [0.15, 0.2) is 0 Å². The van der Waals surface area contributed by atoms with E-state index >= 15 is 0 Å². The Morgan fingerprint density at radius 2 is 1.95 bits per heavy atom. The highest BCUT2D eigenvalue weighted by Crippen LogP contribution is 2.25. The van der Waals surface area contributed by atoms with E-state index in [2.05, 4.69) is 17.6 Å². The molecular weight excluding hydrogens is 268 g/mol. The van der Waals surface area contributed by atoms with Crippen LogP contribution < -0.4 is 10.6 Å². The molecule has 1 amide bonds. The van der Waals surface area contributed by atoms with Gasteiger partial charge in [-0.25, -0.2) is 0 Å². The van der Waals surface area contributed by atoms with Gasteiger partial charge in [0.2, 0.25) is 5.91 Å². The molecule has 1 atom stereocenters. The highest BCUT2D eigenvalue weighted by molar-refractivity contribution is 5.76. The van der Waals surface area contributed by atoms with Crippen LogP contribution in [-0.2, 0) is 9.53 Å². The summed E-state index contributed by atoms with van der Waals surface area (Å²) in [5.74, 6) is 0.922. The van der Waals surface area contributed by atoms with Crippen molar-refractivity contribution in [3.8, 4) is 0 Å². The molecule has 0 aromatic heterocycles. The fourth-order valence-electron chi connectivity index (χ4n) is 2.70. The predicted molar refractivity (Wildman–Crippen MR) is 82.0 cm³/mol. The Morgan fingerprint density at radius 3 is 2.62 bits per heavy atom. The predicted octanol–water partition coefficient (Wildman–Crippen LogP) is 1.20. The molecule has 2 fully saturated rings. The van der Waals surface area contributed by atoms with Gasteiger partial charge in [-0.1, -0.05) is 6.92 Å². The highest BCUT2D eigenvalue weighted by atomic mass is 16.5. The van der Waals surface area contributed by atoms with Crippen molar-refractivity contribution >= 4 is 5.91 Å². The van der Waals surface area contributed by atoms with E-state index in [1.165, 1.54) is 12.8 Å². The molecule has 0 aromatic rings. The molecule has 5 heteroatoms. The molecule has 2 aliphatic carbocycles. The summed E-state index contributed by atoms with van der Waals surface area (Å²) in [6.07, 6.45) is 7.24. The number of rotatable bonds is 9. The first-order valence-electron chi connectivity index (χ1n) is 8.43. The normalized spacial score (nSPS) is 27.3. The summed E-state index contributed by atoms with van der Waals surface area (Å²) in [5.41, 5.74) is 0. The third-order valence-electron chi connectivity index (χ3n) is 4.34. The molecule has 2 aliphatic rings. The quantitative estimate of drug-likeness (QED) is 0.559. The van der Waals surface area contributed by atoms with Gasteiger partial charge in [-0.2, -0.15) is 0 Å². The van der Waals surface area contributed by atoms with Gasteiger partial charge in [-0.3, -0.25) is 4.79 Å². The minimum Gasteiger partial charge on any atom is -0.389 e. The summed E-state index contributed by atoms with van der Waals surface area (Å²) in [6, 6.07) is 0.426. The summed E-state index contributed by atoms with van der Waals surface area (Å²) in [5, 5.41) is 15.9. The number of hydrogen-bond acceptors (Lipinski definition) is 4. The largest absolute Gasteiger partial charge is 0.389 e. The Labute approximate surface area is 127 Å². The van der Waals surface area contributed by atoms with Gasteiger partial charge >= 0.3 is 0 Å². The SMILES string of the molecule is CC1CCC(OCC(O)CNCCC(=O)NC2CC2)CC1. The van der Waals surface area contributed by atoms with Gasteiger partial charge in [0.1, 0.15) is 0 Å². The lowest BCUT2D eigenvalue weighted by Gasteiger charge is -2.27. The summed E-state index contributed by atoms with van der Waals surface area (Å²) in [4.78, 5) is 11.5. The first-order valence-corrected chi connectivity index (χ1v) is 8.43. The molecule has 2 saturated carbocycles. The molecule has 0 spiro atoms. The summed E-state index contributed by atoms with van der Waals surface area (Å²) < 4.78 is 5.76. The number of carbonyl (C=O) groups is 1. The monoisotopic (exact) mass is 298 g/mol. The Kier molecular flexibility index (Phi) is 6.93. The molecule has 0 aliphatic heterocycles. The van der Waals surface area contributed by atoms with Crippen LogP contribution in [0.1, 0.15) is 51.9 Å². The van der Waals surface area contributed by atoms with Crippen LogP contribution in [0.5, 0.6) is 0 Å². The second-order valence-corrected chi connectivity index (χ2v) is 6.66. The van der Waals surface area contributed by atoms with Crippen LogP contribution in [0.15, 0.2) is 0 Å². The van der Waals surface area contributed by atoms with Crippen LogP contribution in [0.2, 0.25) is 0 Å². The Morgan fingerprint density at radius 1 is 1.24 bits per heavy atom. The minimum absolute atomic E-state index is 0.104. The van der Waals surface area contributed by atoms with E-state index in [1.54, 1.807) is 0 Å². The van der Waals surface area contributed by atoms with E-state index in [-0.39, 0.29) is 5.91 Å². The molecule has 0 heterocycles. The van der Waals surface area contributed by atoms with Gasteiger partial charge < -0.3 is 20.5 Å². The third-order valence-corrected chi connectivity index (χ3v) is 4.34. The standard InChI is InChI=1S/C16H30N2O3/c1-12-2-6-15(7-3-12)21-11-14(19)10-17-9-8-16(20)18-13-4-5-13/h12-15,17,19H,2-11H2,1H3,(H,18,20). The van der Waals surface area contributed by atoms with E-state index in [0.29, 0.717) is 38.3 Å². The zero-order chi connectivity index (χ0) is 15.1. The highest BCUT2D eigenvalue weighted by Gasteiger charge is 2.23. The van der Waals surface area contributed by atoms with Crippen molar-refractivity contribution in [2.75, 3.05) is 19.7 Å². The van der Waals surface area contributed by atoms with Crippen LogP contribution in [-0.4, -0.2) is 49.0 Å². The Bertz CT molecular complexity index is 313. The summed E-state index contributed by atoms with van der Waals surface area (Å²) >= 11 is 0. The van der Waals surface area contributed by atoms with Crippen LogP contribution in [0, 0.1) is 5.92 Å². The topological polar surface area (TPSA) is 70.6 Å². The van der Waals surface area contributed by atoms with Crippen molar-refractivity contribution < 1.29 is 14.6 Å². The smallest absolute Gasteiger partial charge is 0.221 e. The van der Waals surface area contributed by atoms with Gasteiger partial charge in [0.05, 0.1) is 18.8 Å². The second-order valence-electron chi connectivity index (χ2n) is 6.66. The van der Waals surface area contributed by atoms with E-state index in [4.69, 9.17) is 4.74 Å². The number of aliphatic hydroxyl groups is 1. The van der Waals surface area contributed by atoms with Crippen LogP contribution in [0.3, 0.4) is 0 Å². The molecule has 1 unspecified atom stereocenters. The van der Waals surface area contributed by atoms with E-state index in [0.717, 1.165) is 31.6 Å². The molecule has 0 aromatic carbocycles. The lowest BCUT2D eigenvalue weighted by atomic mass is 9.89. The molecule has 3 N–H and O–H groups in total. The van der Waals surface area contributed by atoms with Crippen LogP contribution in [0.25, 0.3) is 0 Å². The second kappa shape index (κ2) is 8.71. The molecule has 0 radical (unpaired) electrons. The molecule has 5 nitrogen and oxygen atoms in total. The van der Waals surface area contributed by atoms with Gasteiger partial charge in [0, 0.05) is 25.6 Å². The lowest BCUT2D eigenvalue weighted by molar-refractivity contribution is -0.121. The van der Waals surface area contributed by atoms with E-state index < -0.39 is 6.10 Å². The summed E-state index contributed by atoms with van der Waals surface area (Å²) in [7, 11) is 0. The number of ether oxygens (including phenoxy) is 1. The van der Waals surface area contributed by atoms with E-state index in [1.807, 2.05) is 0 Å². The molecule has 2 rings (SSSR count). The van der Waals surface area contributed by atoms with Crippen LogP contribution in [0.4, 0.5) is 0 Å². The maximum Gasteiger partial charge on any atom is 0.221 e. The third kappa shape index (κ3) is 7.25. The van der Waals surface area contributed by atoms with Gasteiger partial charge in [-0.05, 0) is 44.4 Å². The number of hydrogen-bond donors (Lipinski definition) is 3. The van der Waals surface area contributed by atoms with Crippen LogP contribution >= 0.6 is 0 Å². The fourth-order valence-corrected chi connectivity index (χ4v) is 2.70. The van der Waals surface area contributed by atoms with Gasteiger partial charge in [-0.15, -0.1) is 0 Å². The number of nitrogens with one attached hydrogen (secondary N) is 2. The van der Waals surface area contributed by atoms with Crippen molar-refractivity contribution in [3.05, 3.63) is 0 Å². The molecular formula is C16H30N2O3. The number of carbonyl (C=O) groups excluding carboxylic acids is 1. The zero-order valence-corrected chi connectivity index (χ0v) is 13.1. The Hall–Kier alpha value is -0.650. The maximum atomic E-state index is 11.5. The molecule has 0 bridgehead atoms. The zero-order valence-electron chi connectivity index (χ0n) is 13.1. The fraction of sp³-hybridized carbons (Fsp3) is 0.938. The van der Waals surface area contributed by atoms with Gasteiger partial charge in [0.25, 0.3) is 0 Å². The van der Waals surface area contributed by atoms with Crippen molar-refractivity contribution in [2.45, 2.75) is 70.1 Å². The first-order chi connectivity index (χ1) is 10.1. The maximum absolute atomic E-state index is 11.5. The molecule has 122 valence electrons. The molecule has 21 heavy (non-hydrogen) atoms. The minimum atomic E-state index is -0.490. The van der Waals surface area contributed by atoms with Crippen molar-refractivity contribution in [1.82, 2.24) is 10.6 Å². The van der Waals surface area contributed by atoms with Crippen molar-refractivity contribution in [2.24, 2.45) is 5.92 Å². The average Bonchev–Trinajstić information content (AvgIpc) is 3.27. The average molecular weight is 298 g/mol. The Balaban J connectivity index is 1.43. The van der Waals surface area contributed by atoms with Crippen molar-refractivity contribution in [1.29, 1.82) is 0 Å². The number of aliphatic hydroxyl groups excluding tert-OH is 1. The van der Waals surface area contributed by atoms with Crippen molar-refractivity contribution in [3.63, 3.8) is 0 Å². The summed E-state index contributed by atoms with van der Waals surface area (Å²) in [6.45, 7) is 3.77. The number of amides is 1. The first kappa shape index (κ1) is 16.7.